The molecule has 6 heteroatoms. The first-order valence-electron chi connectivity index (χ1n) is 9.53. The topological polar surface area (TPSA) is 64.5 Å². The Morgan fingerprint density at radius 1 is 1.11 bits per heavy atom. The number of likely N-dealkylation sites (tertiary alicyclic amines) is 1. The number of hydrogen-bond acceptors (Lipinski definition) is 5. The van der Waals surface area contributed by atoms with Crippen LogP contribution in [0.15, 0.2) is 54.7 Å². The van der Waals surface area contributed by atoms with E-state index in [1.54, 1.807) is 12.3 Å². The average Bonchev–Trinajstić information content (AvgIpc) is 2.72. The Labute approximate surface area is 164 Å². The van der Waals surface area contributed by atoms with Gasteiger partial charge in [-0.05, 0) is 29.8 Å². The second-order valence-corrected chi connectivity index (χ2v) is 6.94. The van der Waals surface area contributed by atoms with Crippen LogP contribution in [-0.2, 0) is 4.79 Å². The van der Waals surface area contributed by atoms with E-state index in [1.807, 2.05) is 48.2 Å². The monoisotopic (exact) mass is 377 g/mol. The molecule has 0 bridgehead atoms. The molecule has 2 heterocycles. The van der Waals surface area contributed by atoms with Crippen molar-refractivity contribution in [1.29, 1.82) is 0 Å². The summed E-state index contributed by atoms with van der Waals surface area (Å²) in [5.74, 6) is 2.00. The van der Waals surface area contributed by atoms with Gasteiger partial charge in [0.05, 0.1) is 0 Å². The highest BCUT2D eigenvalue weighted by atomic mass is 16.5. The van der Waals surface area contributed by atoms with Crippen molar-refractivity contribution >= 4 is 16.7 Å². The molecule has 4 rings (SSSR count). The zero-order valence-corrected chi connectivity index (χ0v) is 15.9. The Kier molecular flexibility index (Phi) is 5.37. The maximum absolute atomic E-state index is 12.5. The number of nitrogens with zero attached hydrogens (tertiary/aromatic N) is 3. The fraction of sp³-hybridized carbons (Fsp3) is 0.318. The zero-order valence-electron chi connectivity index (χ0n) is 15.9. The number of ether oxygens (including phenoxy) is 2. The van der Waals surface area contributed by atoms with Gasteiger partial charge in [0.15, 0.2) is 6.61 Å². The predicted molar refractivity (Wildman–Crippen MR) is 106 cm³/mol. The molecule has 1 fully saturated rings. The van der Waals surface area contributed by atoms with Crippen LogP contribution in [-0.4, -0.2) is 46.6 Å². The van der Waals surface area contributed by atoms with Crippen molar-refractivity contribution in [3.8, 4) is 11.6 Å². The second kappa shape index (κ2) is 8.25. The van der Waals surface area contributed by atoms with E-state index >= 15 is 0 Å². The number of carbonyl (C=O) groups excluding carboxylic acids is 1. The summed E-state index contributed by atoms with van der Waals surface area (Å²) in [6.45, 7) is 3.21. The number of rotatable bonds is 5. The molecule has 144 valence electrons. The minimum absolute atomic E-state index is 0.00416. The van der Waals surface area contributed by atoms with Gasteiger partial charge in [-0.2, -0.15) is 4.98 Å². The van der Waals surface area contributed by atoms with Gasteiger partial charge in [-0.1, -0.05) is 30.3 Å². The zero-order chi connectivity index (χ0) is 19.3. The van der Waals surface area contributed by atoms with Crippen molar-refractivity contribution in [2.75, 3.05) is 19.7 Å². The van der Waals surface area contributed by atoms with E-state index in [2.05, 4.69) is 16.0 Å². The lowest BCUT2D eigenvalue weighted by atomic mass is 10.1. The maximum atomic E-state index is 12.5. The predicted octanol–water partition coefficient (Wildman–Crippen LogP) is 3.39. The van der Waals surface area contributed by atoms with Crippen LogP contribution < -0.4 is 9.47 Å². The number of piperidine rings is 1. The maximum Gasteiger partial charge on any atom is 0.260 e. The largest absolute Gasteiger partial charge is 0.484 e. The van der Waals surface area contributed by atoms with Crippen molar-refractivity contribution in [2.24, 2.45) is 0 Å². The molecule has 1 aliphatic rings. The number of benzene rings is 2. The summed E-state index contributed by atoms with van der Waals surface area (Å²) in [5, 5.41) is 2.26. The fourth-order valence-corrected chi connectivity index (χ4v) is 3.39. The standard InChI is InChI=1S/C22H23N3O3/c1-16-23-11-8-21(24-16)28-19-9-12-25(13-10-19)22(26)15-27-20-7-6-17-4-2-3-5-18(17)14-20/h2-8,11,14,19H,9-10,12-13,15H2,1H3. The quantitative estimate of drug-likeness (QED) is 0.682. The number of carbonyl (C=O) groups is 1. The van der Waals surface area contributed by atoms with Gasteiger partial charge in [-0.25, -0.2) is 4.98 Å². The van der Waals surface area contributed by atoms with E-state index in [0.717, 1.165) is 23.6 Å². The van der Waals surface area contributed by atoms with Crippen LogP contribution in [0.1, 0.15) is 18.7 Å². The molecule has 1 amide bonds. The molecule has 0 N–H and O–H groups in total. The molecule has 1 aliphatic heterocycles. The van der Waals surface area contributed by atoms with Gasteiger partial charge in [-0.15, -0.1) is 0 Å². The molecule has 0 unspecified atom stereocenters. The van der Waals surface area contributed by atoms with Crippen LogP contribution in [0, 0.1) is 6.92 Å². The van der Waals surface area contributed by atoms with Gasteiger partial charge in [0.2, 0.25) is 5.88 Å². The Balaban J connectivity index is 1.26. The first kappa shape index (κ1) is 18.2. The SMILES string of the molecule is Cc1nccc(OC2CCN(C(=O)COc3ccc4ccccc4c3)CC2)n1. The second-order valence-electron chi connectivity index (χ2n) is 6.94. The number of aryl methyl sites for hydroxylation is 1. The highest BCUT2D eigenvalue weighted by molar-refractivity contribution is 5.84. The summed E-state index contributed by atoms with van der Waals surface area (Å²) in [5.41, 5.74) is 0. The van der Waals surface area contributed by atoms with E-state index in [1.165, 1.54) is 0 Å². The summed E-state index contributed by atoms with van der Waals surface area (Å²) in [6, 6.07) is 15.7. The summed E-state index contributed by atoms with van der Waals surface area (Å²) >= 11 is 0. The smallest absolute Gasteiger partial charge is 0.260 e. The van der Waals surface area contributed by atoms with Crippen LogP contribution >= 0.6 is 0 Å². The number of amides is 1. The number of hydrogen-bond donors (Lipinski definition) is 0. The Bertz CT molecular complexity index is 968. The highest BCUT2D eigenvalue weighted by Crippen LogP contribution is 2.21. The van der Waals surface area contributed by atoms with E-state index in [9.17, 15) is 4.79 Å². The van der Waals surface area contributed by atoms with Crippen LogP contribution in [0.5, 0.6) is 11.6 Å². The lowest BCUT2D eigenvalue weighted by molar-refractivity contribution is -0.135. The van der Waals surface area contributed by atoms with Gasteiger partial charge in [0.25, 0.3) is 5.91 Å². The summed E-state index contributed by atoms with van der Waals surface area (Å²) in [7, 11) is 0. The Hall–Kier alpha value is -3.15. The normalized spacial score (nSPS) is 14.8. The molecule has 0 atom stereocenters. The van der Waals surface area contributed by atoms with Crippen molar-refractivity contribution in [2.45, 2.75) is 25.9 Å². The molecular formula is C22H23N3O3. The van der Waals surface area contributed by atoms with Gasteiger partial charge in [0.1, 0.15) is 17.7 Å². The fourth-order valence-electron chi connectivity index (χ4n) is 3.39. The van der Waals surface area contributed by atoms with Crippen molar-refractivity contribution in [3.05, 3.63) is 60.6 Å². The third kappa shape index (κ3) is 4.39. The minimum Gasteiger partial charge on any atom is -0.484 e. The first-order valence-corrected chi connectivity index (χ1v) is 9.53. The summed E-state index contributed by atoms with van der Waals surface area (Å²) < 4.78 is 11.6. The van der Waals surface area contributed by atoms with Crippen molar-refractivity contribution in [1.82, 2.24) is 14.9 Å². The minimum atomic E-state index is 0.00416. The van der Waals surface area contributed by atoms with E-state index in [0.29, 0.717) is 30.5 Å². The van der Waals surface area contributed by atoms with Crippen LogP contribution in [0.3, 0.4) is 0 Å². The van der Waals surface area contributed by atoms with E-state index < -0.39 is 0 Å². The van der Waals surface area contributed by atoms with Gasteiger partial charge in [-0.3, -0.25) is 4.79 Å². The van der Waals surface area contributed by atoms with Gasteiger partial charge in [0, 0.05) is 38.2 Å². The molecule has 2 aromatic carbocycles. The third-order valence-electron chi connectivity index (χ3n) is 4.92. The molecule has 0 spiro atoms. The van der Waals surface area contributed by atoms with Crippen LogP contribution in [0.4, 0.5) is 0 Å². The lowest BCUT2D eigenvalue weighted by Crippen LogP contribution is -2.43. The summed E-state index contributed by atoms with van der Waals surface area (Å²) in [4.78, 5) is 22.7. The molecule has 0 radical (unpaired) electrons. The summed E-state index contributed by atoms with van der Waals surface area (Å²) in [6.07, 6.45) is 3.33. The first-order chi connectivity index (χ1) is 13.7. The Morgan fingerprint density at radius 3 is 2.68 bits per heavy atom. The molecule has 3 aromatic rings. The van der Waals surface area contributed by atoms with Crippen molar-refractivity contribution in [3.63, 3.8) is 0 Å². The average molecular weight is 377 g/mol. The molecule has 0 aliphatic carbocycles. The highest BCUT2D eigenvalue weighted by Gasteiger charge is 2.24. The molecule has 6 nitrogen and oxygen atoms in total. The van der Waals surface area contributed by atoms with Gasteiger partial charge < -0.3 is 14.4 Å². The lowest BCUT2D eigenvalue weighted by Gasteiger charge is -2.31. The van der Waals surface area contributed by atoms with Crippen molar-refractivity contribution < 1.29 is 14.3 Å². The number of fused-ring (bicyclic) bond motifs is 1. The molecule has 1 aromatic heterocycles. The van der Waals surface area contributed by atoms with Gasteiger partial charge >= 0.3 is 0 Å². The van der Waals surface area contributed by atoms with E-state index in [-0.39, 0.29) is 18.6 Å². The molecular weight excluding hydrogens is 354 g/mol. The number of aromatic nitrogens is 2. The Morgan fingerprint density at radius 2 is 1.89 bits per heavy atom. The van der Waals surface area contributed by atoms with Crippen LogP contribution in [0.2, 0.25) is 0 Å². The molecule has 0 saturated carbocycles. The van der Waals surface area contributed by atoms with E-state index in [4.69, 9.17) is 9.47 Å². The van der Waals surface area contributed by atoms with Crippen LogP contribution in [0.25, 0.3) is 10.8 Å². The molecule has 28 heavy (non-hydrogen) atoms. The molecule has 1 saturated heterocycles. The third-order valence-corrected chi connectivity index (χ3v) is 4.92.